The zero-order valence-corrected chi connectivity index (χ0v) is 9.87. The summed E-state index contributed by atoms with van der Waals surface area (Å²) in [7, 11) is 0. The first-order chi connectivity index (χ1) is 7.27. The van der Waals surface area contributed by atoms with Gasteiger partial charge in [-0.05, 0) is 34.2 Å². The number of nitrogens with zero attached hydrogens (tertiary/aromatic N) is 1. The highest BCUT2D eigenvalue weighted by Gasteiger charge is 2.35. The minimum Gasteiger partial charge on any atom is -0.326 e. The lowest BCUT2D eigenvalue weighted by atomic mass is 10.1. The van der Waals surface area contributed by atoms with E-state index < -0.39 is 22.4 Å². The molecule has 0 unspecified atom stereocenters. The third kappa shape index (κ3) is 2.61. The van der Waals surface area contributed by atoms with Gasteiger partial charge in [0.25, 0.3) is 5.69 Å². The summed E-state index contributed by atoms with van der Waals surface area (Å²) in [6.45, 7) is -0.317. The van der Waals surface area contributed by atoms with Crippen LogP contribution >= 0.6 is 22.6 Å². The summed E-state index contributed by atoms with van der Waals surface area (Å²) in [5.74, 6) is 0. The van der Waals surface area contributed by atoms with E-state index in [0.29, 0.717) is 6.07 Å². The second-order valence-electron chi connectivity index (χ2n) is 2.92. The molecule has 0 atom stereocenters. The predicted molar refractivity (Wildman–Crippen MR) is 58.7 cm³/mol. The minimum atomic E-state index is -4.64. The molecule has 0 amide bonds. The van der Waals surface area contributed by atoms with Crippen molar-refractivity contribution in [3.8, 4) is 0 Å². The number of hydrogen-bond acceptors (Lipinski definition) is 3. The minimum absolute atomic E-state index is 0.135. The van der Waals surface area contributed by atoms with Crippen LogP contribution < -0.4 is 5.73 Å². The molecule has 0 radical (unpaired) electrons. The Bertz CT molecular complexity index is 434. The van der Waals surface area contributed by atoms with Crippen LogP contribution in [0.1, 0.15) is 11.1 Å². The van der Waals surface area contributed by atoms with Crippen molar-refractivity contribution in [2.45, 2.75) is 12.7 Å². The van der Waals surface area contributed by atoms with E-state index in [1.807, 2.05) is 0 Å². The van der Waals surface area contributed by atoms with E-state index in [2.05, 4.69) is 0 Å². The standard InChI is InChI=1S/C8H6F3IN2O2/c9-8(10,11)5-2-7(14(15)16)6(12)1-4(5)3-13/h1-2H,3,13H2. The first kappa shape index (κ1) is 13.2. The number of rotatable bonds is 2. The molecule has 2 N–H and O–H groups in total. The van der Waals surface area contributed by atoms with E-state index in [1.165, 1.54) is 0 Å². The Labute approximate surface area is 102 Å². The van der Waals surface area contributed by atoms with Gasteiger partial charge >= 0.3 is 6.18 Å². The van der Waals surface area contributed by atoms with Crippen molar-refractivity contribution in [3.63, 3.8) is 0 Å². The SMILES string of the molecule is NCc1cc(I)c([N+](=O)[O-])cc1C(F)(F)F. The average molecular weight is 346 g/mol. The first-order valence-electron chi connectivity index (χ1n) is 4.01. The molecule has 4 nitrogen and oxygen atoms in total. The smallest absolute Gasteiger partial charge is 0.326 e. The molecule has 0 fully saturated rings. The summed E-state index contributed by atoms with van der Waals surface area (Å²) in [6, 6.07) is 1.60. The summed E-state index contributed by atoms with van der Waals surface area (Å²) in [5, 5.41) is 10.5. The highest BCUT2D eigenvalue weighted by Crippen LogP contribution is 2.36. The summed E-state index contributed by atoms with van der Waals surface area (Å²) >= 11 is 1.60. The average Bonchev–Trinajstić information content (AvgIpc) is 2.14. The lowest BCUT2D eigenvalue weighted by Crippen LogP contribution is -2.13. The van der Waals surface area contributed by atoms with Crippen LogP contribution in [0.5, 0.6) is 0 Å². The van der Waals surface area contributed by atoms with Crippen molar-refractivity contribution in [3.05, 3.63) is 36.9 Å². The van der Waals surface area contributed by atoms with Crippen LogP contribution in [-0.4, -0.2) is 4.92 Å². The highest BCUT2D eigenvalue weighted by molar-refractivity contribution is 14.1. The fourth-order valence-electron chi connectivity index (χ4n) is 1.18. The Morgan fingerprint density at radius 1 is 1.44 bits per heavy atom. The number of halogens is 4. The lowest BCUT2D eigenvalue weighted by molar-refractivity contribution is -0.386. The molecule has 88 valence electrons. The zero-order chi connectivity index (χ0) is 12.5. The second-order valence-corrected chi connectivity index (χ2v) is 4.08. The van der Waals surface area contributed by atoms with Gasteiger partial charge in [-0.3, -0.25) is 10.1 Å². The van der Waals surface area contributed by atoms with Gasteiger partial charge in [0.2, 0.25) is 0 Å². The Morgan fingerprint density at radius 2 is 2.00 bits per heavy atom. The normalized spacial score (nSPS) is 11.6. The number of nitro benzene ring substituents is 1. The third-order valence-corrected chi connectivity index (χ3v) is 2.76. The van der Waals surface area contributed by atoms with E-state index in [9.17, 15) is 23.3 Å². The van der Waals surface area contributed by atoms with Crippen LogP contribution in [0.3, 0.4) is 0 Å². The van der Waals surface area contributed by atoms with Gasteiger partial charge in [0.05, 0.1) is 14.1 Å². The maximum Gasteiger partial charge on any atom is 0.416 e. The van der Waals surface area contributed by atoms with Crippen LogP contribution in [0.25, 0.3) is 0 Å². The number of alkyl halides is 3. The van der Waals surface area contributed by atoms with Gasteiger partial charge in [-0.15, -0.1) is 0 Å². The molecule has 16 heavy (non-hydrogen) atoms. The maximum absolute atomic E-state index is 12.5. The van der Waals surface area contributed by atoms with Gasteiger partial charge in [-0.1, -0.05) is 0 Å². The van der Waals surface area contributed by atoms with Gasteiger partial charge < -0.3 is 5.73 Å². The van der Waals surface area contributed by atoms with E-state index in [-0.39, 0.29) is 15.7 Å². The van der Waals surface area contributed by atoms with E-state index >= 15 is 0 Å². The van der Waals surface area contributed by atoms with Gasteiger partial charge in [0.15, 0.2) is 0 Å². The largest absolute Gasteiger partial charge is 0.416 e. The van der Waals surface area contributed by atoms with E-state index in [4.69, 9.17) is 5.73 Å². The first-order valence-corrected chi connectivity index (χ1v) is 5.09. The highest BCUT2D eigenvalue weighted by atomic mass is 127. The molecule has 0 saturated carbocycles. The summed E-state index contributed by atoms with van der Waals surface area (Å²) < 4.78 is 37.7. The molecule has 1 aromatic rings. The van der Waals surface area contributed by atoms with Crippen molar-refractivity contribution in [2.24, 2.45) is 5.73 Å². The Balaban J connectivity index is 3.47. The monoisotopic (exact) mass is 346 g/mol. The summed E-state index contributed by atoms with van der Waals surface area (Å²) in [4.78, 5) is 9.65. The molecule has 0 spiro atoms. The van der Waals surface area contributed by atoms with Crippen molar-refractivity contribution in [2.75, 3.05) is 0 Å². The van der Waals surface area contributed by atoms with Crippen LogP contribution in [0, 0.1) is 13.7 Å². The molecule has 0 aromatic heterocycles. The molecule has 1 rings (SSSR count). The van der Waals surface area contributed by atoms with E-state index in [0.717, 1.165) is 6.07 Å². The molecule has 0 heterocycles. The molecule has 0 aliphatic rings. The molecule has 0 saturated heterocycles. The quantitative estimate of drug-likeness (QED) is 0.509. The molecule has 0 bridgehead atoms. The maximum atomic E-state index is 12.5. The van der Waals surface area contributed by atoms with Crippen molar-refractivity contribution < 1.29 is 18.1 Å². The number of hydrogen-bond donors (Lipinski definition) is 1. The Kier molecular flexibility index (Phi) is 3.73. The predicted octanol–water partition coefficient (Wildman–Crippen LogP) is 2.68. The van der Waals surface area contributed by atoms with Gasteiger partial charge in [0, 0.05) is 12.6 Å². The molecule has 0 aliphatic heterocycles. The molecule has 0 aliphatic carbocycles. The summed E-state index contributed by atoms with van der Waals surface area (Å²) in [5.41, 5.74) is 3.40. The number of nitrogens with two attached hydrogens (primary N) is 1. The van der Waals surface area contributed by atoms with Crippen molar-refractivity contribution in [1.82, 2.24) is 0 Å². The fraction of sp³-hybridized carbons (Fsp3) is 0.250. The van der Waals surface area contributed by atoms with Crippen molar-refractivity contribution in [1.29, 1.82) is 0 Å². The van der Waals surface area contributed by atoms with E-state index in [1.54, 1.807) is 22.6 Å². The van der Waals surface area contributed by atoms with Gasteiger partial charge in [-0.25, -0.2) is 0 Å². The molecular formula is C8H6F3IN2O2. The molecule has 8 heteroatoms. The number of nitro groups is 1. The second kappa shape index (κ2) is 4.53. The Morgan fingerprint density at radius 3 is 2.38 bits per heavy atom. The zero-order valence-electron chi connectivity index (χ0n) is 7.71. The van der Waals surface area contributed by atoms with Crippen molar-refractivity contribution >= 4 is 28.3 Å². The van der Waals surface area contributed by atoms with Crippen LogP contribution in [0.15, 0.2) is 12.1 Å². The molecule has 1 aromatic carbocycles. The topological polar surface area (TPSA) is 69.2 Å². The van der Waals surface area contributed by atoms with Gasteiger partial charge in [0.1, 0.15) is 0 Å². The van der Waals surface area contributed by atoms with Gasteiger partial charge in [-0.2, -0.15) is 13.2 Å². The van der Waals surface area contributed by atoms with Crippen LogP contribution in [0.4, 0.5) is 18.9 Å². The Hall–Kier alpha value is -0.900. The third-order valence-electron chi connectivity index (χ3n) is 1.89. The fourth-order valence-corrected chi connectivity index (χ4v) is 1.90. The van der Waals surface area contributed by atoms with Crippen LogP contribution in [0.2, 0.25) is 0 Å². The number of benzene rings is 1. The lowest BCUT2D eigenvalue weighted by Gasteiger charge is -2.11. The molecular weight excluding hydrogens is 340 g/mol. The van der Waals surface area contributed by atoms with Crippen LogP contribution in [-0.2, 0) is 12.7 Å². The summed E-state index contributed by atoms with van der Waals surface area (Å²) in [6.07, 6.45) is -4.64.